The summed E-state index contributed by atoms with van der Waals surface area (Å²) in [6.45, 7) is 12.6. The molecule has 1 aromatic carbocycles. The molecule has 1 rings (SSSR count). The molecule has 2 heteroatoms. The van der Waals surface area contributed by atoms with Crippen LogP contribution in [-0.2, 0) is 6.42 Å². The van der Waals surface area contributed by atoms with Crippen LogP contribution in [0.3, 0.4) is 0 Å². The Kier molecular flexibility index (Phi) is 6.55. The Balaban J connectivity index is 2.67. The molecule has 0 amide bonds. The highest BCUT2D eigenvalue weighted by Crippen LogP contribution is 2.29. The molecular weight excluding hydrogens is 298 g/mol. The van der Waals surface area contributed by atoms with Gasteiger partial charge in [0.2, 0.25) is 0 Å². The molecule has 0 heterocycles. The first-order chi connectivity index (χ1) is 8.82. The van der Waals surface area contributed by atoms with Crippen LogP contribution in [0.25, 0.3) is 0 Å². The van der Waals surface area contributed by atoms with E-state index < -0.39 is 0 Å². The van der Waals surface area contributed by atoms with Gasteiger partial charge in [0.1, 0.15) is 0 Å². The third kappa shape index (κ3) is 6.09. The van der Waals surface area contributed by atoms with Crippen LogP contribution in [0.4, 0.5) is 0 Å². The van der Waals surface area contributed by atoms with Crippen molar-refractivity contribution >= 4 is 15.9 Å². The summed E-state index contributed by atoms with van der Waals surface area (Å²) < 4.78 is 1.17. The lowest BCUT2D eigenvalue weighted by Gasteiger charge is -2.31. The molecule has 19 heavy (non-hydrogen) atoms. The van der Waals surface area contributed by atoms with Crippen molar-refractivity contribution in [3.63, 3.8) is 0 Å². The zero-order chi connectivity index (χ0) is 14.5. The molecule has 108 valence electrons. The molecular formula is C17H28BrN. The van der Waals surface area contributed by atoms with E-state index in [4.69, 9.17) is 0 Å². The summed E-state index contributed by atoms with van der Waals surface area (Å²) in [6, 6.07) is 9.22. The Labute approximate surface area is 127 Å². The lowest BCUT2D eigenvalue weighted by Crippen LogP contribution is -2.35. The minimum absolute atomic E-state index is 0.380. The van der Waals surface area contributed by atoms with Crippen molar-refractivity contribution in [3.8, 4) is 0 Å². The van der Waals surface area contributed by atoms with E-state index in [1.54, 1.807) is 0 Å². The van der Waals surface area contributed by atoms with Crippen LogP contribution in [0, 0.1) is 11.3 Å². The van der Waals surface area contributed by atoms with Gasteiger partial charge in [0.05, 0.1) is 0 Å². The van der Waals surface area contributed by atoms with Crippen LogP contribution in [0.2, 0.25) is 0 Å². The molecule has 1 nitrogen and oxygen atoms in total. The van der Waals surface area contributed by atoms with Gasteiger partial charge in [-0.15, -0.1) is 0 Å². The van der Waals surface area contributed by atoms with E-state index in [0.717, 1.165) is 13.0 Å². The number of hydrogen-bond acceptors (Lipinski definition) is 1. The molecule has 0 aliphatic heterocycles. The van der Waals surface area contributed by atoms with E-state index in [2.05, 4.69) is 80.1 Å². The molecule has 1 N–H and O–H groups in total. The molecule has 0 aliphatic rings. The van der Waals surface area contributed by atoms with Crippen LogP contribution in [0.15, 0.2) is 28.7 Å². The van der Waals surface area contributed by atoms with E-state index >= 15 is 0 Å². The van der Waals surface area contributed by atoms with Crippen LogP contribution in [0.1, 0.15) is 46.6 Å². The van der Waals surface area contributed by atoms with Gasteiger partial charge in [-0.05, 0) is 48.4 Å². The zero-order valence-electron chi connectivity index (χ0n) is 13.0. The SMILES string of the molecule is CCNC(Cc1cccc(Br)c1)CC(C)C(C)(C)C. The van der Waals surface area contributed by atoms with Crippen molar-refractivity contribution in [1.29, 1.82) is 0 Å². The maximum Gasteiger partial charge on any atom is 0.0178 e. The van der Waals surface area contributed by atoms with E-state index in [9.17, 15) is 0 Å². The predicted octanol–water partition coefficient (Wildman–Crippen LogP) is 5.04. The summed E-state index contributed by atoms with van der Waals surface area (Å²) in [6.07, 6.45) is 2.33. The molecule has 0 aromatic heterocycles. The average Bonchev–Trinajstić information content (AvgIpc) is 2.27. The highest BCUT2D eigenvalue weighted by molar-refractivity contribution is 9.10. The molecule has 0 spiro atoms. The maximum atomic E-state index is 3.64. The number of rotatable bonds is 6. The van der Waals surface area contributed by atoms with Gasteiger partial charge in [-0.2, -0.15) is 0 Å². The third-order valence-corrected chi connectivity index (χ3v) is 4.47. The van der Waals surface area contributed by atoms with Gasteiger partial charge in [-0.3, -0.25) is 0 Å². The molecule has 0 fully saturated rings. The molecule has 2 atom stereocenters. The smallest absolute Gasteiger partial charge is 0.0178 e. The quantitative estimate of drug-likeness (QED) is 0.772. The van der Waals surface area contributed by atoms with Gasteiger partial charge in [-0.1, -0.05) is 62.7 Å². The molecule has 0 radical (unpaired) electrons. The number of benzene rings is 1. The molecule has 0 saturated carbocycles. The number of nitrogens with one attached hydrogen (secondary N) is 1. The lowest BCUT2D eigenvalue weighted by molar-refractivity contribution is 0.222. The fourth-order valence-electron chi connectivity index (χ4n) is 2.26. The van der Waals surface area contributed by atoms with E-state index in [-0.39, 0.29) is 0 Å². The highest BCUT2D eigenvalue weighted by atomic mass is 79.9. The van der Waals surface area contributed by atoms with Crippen LogP contribution in [-0.4, -0.2) is 12.6 Å². The second-order valence-corrected chi connectivity index (χ2v) is 7.51. The monoisotopic (exact) mass is 325 g/mol. The molecule has 1 aromatic rings. The Morgan fingerprint density at radius 1 is 1.26 bits per heavy atom. The van der Waals surface area contributed by atoms with Gasteiger partial charge in [0, 0.05) is 10.5 Å². The number of hydrogen-bond donors (Lipinski definition) is 1. The molecule has 0 aliphatic carbocycles. The minimum atomic E-state index is 0.380. The topological polar surface area (TPSA) is 12.0 Å². The summed E-state index contributed by atoms with van der Waals surface area (Å²) in [5.74, 6) is 0.712. The van der Waals surface area contributed by atoms with Crippen molar-refractivity contribution < 1.29 is 0 Å². The van der Waals surface area contributed by atoms with Gasteiger partial charge in [0.25, 0.3) is 0 Å². The average molecular weight is 326 g/mol. The first kappa shape index (κ1) is 16.7. The van der Waals surface area contributed by atoms with Gasteiger partial charge >= 0.3 is 0 Å². The van der Waals surface area contributed by atoms with Crippen LogP contribution >= 0.6 is 15.9 Å². The van der Waals surface area contributed by atoms with E-state index in [1.165, 1.54) is 16.5 Å². The normalized spacial score (nSPS) is 15.3. The number of halogens is 1. The van der Waals surface area contributed by atoms with Crippen molar-refractivity contribution in [1.82, 2.24) is 5.32 Å². The maximum absolute atomic E-state index is 3.64. The summed E-state index contributed by atoms with van der Waals surface area (Å²) in [7, 11) is 0. The summed E-state index contributed by atoms with van der Waals surface area (Å²) in [5, 5.41) is 3.64. The molecule has 0 bridgehead atoms. The zero-order valence-corrected chi connectivity index (χ0v) is 14.5. The molecule has 2 unspecified atom stereocenters. The lowest BCUT2D eigenvalue weighted by atomic mass is 9.78. The highest BCUT2D eigenvalue weighted by Gasteiger charge is 2.23. The Morgan fingerprint density at radius 2 is 1.95 bits per heavy atom. The fourth-order valence-corrected chi connectivity index (χ4v) is 2.70. The molecule has 0 saturated heterocycles. The summed E-state index contributed by atoms with van der Waals surface area (Å²) in [5.41, 5.74) is 1.78. The van der Waals surface area contributed by atoms with Crippen molar-refractivity contribution in [2.24, 2.45) is 11.3 Å². The van der Waals surface area contributed by atoms with Crippen molar-refractivity contribution in [2.75, 3.05) is 6.54 Å². The van der Waals surface area contributed by atoms with Crippen molar-refractivity contribution in [2.45, 2.75) is 53.5 Å². The first-order valence-corrected chi connectivity index (χ1v) is 8.10. The van der Waals surface area contributed by atoms with Gasteiger partial charge < -0.3 is 5.32 Å². The summed E-state index contributed by atoms with van der Waals surface area (Å²) >= 11 is 3.55. The summed E-state index contributed by atoms with van der Waals surface area (Å²) in [4.78, 5) is 0. The second-order valence-electron chi connectivity index (χ2n) is 6.59. The number of likely N-dealkylation sites (N-methyl/N-ethyl adjacent to an activating group) is 1. The standard InChI is InChI=1S/C17H28BrN/c1-6-19-16(10-13(2)17(3,4)5)12-14-8-7-9-15(18)11-14/h7-9,11,13,16,19H,6,10,12H2,1-5H3. The van der Waals surface area contributed by atoms with E-state index in [0.29, 0.717) is 17.4 Å². The van der Waals surface area contributed by atoms with Gasteiger partial charge in [-0.25, -0.2) is 0 Å². The fraction of sp³-hybridized carbons (Fsp3) is 0.647. The predicted molar refractivity (Wildman–Crippen MR) is 88.5 cm³/mol. The van der Waals surface area contributed by atoms with Crippen molar-refractivity contribution in [3.05, 3.63) is 34.3 Å². The second kappa shape index (κ2) is 7.44. The van der Waals surface area contributed by atoms with E-state index in [1.807, 2.05) is 0 Å². The Bertz CT molecular complexity index is 381. The largest absolute Gasteiger partial charge is 0.314 e. The Hall–Kier alpha value is -0.340. The van der Waals surface area contributed by atoms with Gasteiger partial charge in [0.15, 0.2) is 0 Å². The Morgan fingerprint density at radius 3 is 2.47 bits per heavy atom. The first-order valence-electron chi connectivity index (χ1n) is 7.30. The van der Waals surface area contributed by atoms with Crippen LogP contribution < -0.4 is 5.32 Å². The third-order valence-electron chi connectivity index (χ3n) is 3.98. The van der Waals surface area contributed by atoms with Crippen LogP contribution in [0.5, 0.6) is 0 Å². The minimum Gasteiger partial charge on any atom is -0.314 e.